The molecule has 3 aromatic carbocycles. The molecular weight excluding hydrogens is 522 g/mol. The Morgan fingerprint density at radius 1 is 1.17 bits per heavy atom. The number of para-hydroxylation sites is 1. The number of hydrogen-bond donors (Lipinski definition) is 1. The molecule has 2 fully saturated rings. The van der Waals surface area contributed by atoms with Crippen LogP contribution in [0.1, 0.15) is 41.0 Å². The van der Waals surface area contributed by atoms with Crippen LogP contribution < -0.4 is 10.1 Å². The Balaban J connectivity index is 1.37. The number of rotatable bonds is 5. The van der Waals surface area contributed by atoms with Crippen molar-refractivity contribution in [2.75, 3.05) is 11.9 Å². The smallest absolute Gasteiger partial charge is 0.256 e. The molecule has 3 aromatic rings. The van der Waals surface area contributed by atoms with E-state index in [-0.39, 0.29) is 16.9 Å². The summed E-state index contributed by atoms with van der Waals surface area (Å²) in [4.78, 5) is 28.2. The lowest BCUT2D eigenvalue weighted by atomic mass is 9.77. The number of hydrogen-bond acceptors (Lipinski definition) is 5. The first-order valence-electron chi connectivity index (χ1n) is 12.2. The number of halogens is 1. The molecule has 8 heteroatoms. The molecule has 3 aliphatic rings. The molecule has 36 heavy (non-hydrogen) atoms. The van der Waals surface area contributed by atoms with Gasteiger partial charge in [0.1, 0.15) is 12.4 Å². The second kappa shape index (κ2) is 8.71. The average molecular weight is 548 g/mol. The van der Waals surface area contributed by atoms with Gasteiger partial charge in [-0.2, -0.15) is 0 Å². The van der Waals surface area contributed by atoms with Gasteiger partial charge in [-0.15, -0.1) is 0 Å². The number of ether oxygens (including phenoxy) is 1. The minimum absolute atomic E-state index is 0.0940. The molecule has 2 saturated heterocycles. The maximum absolute atomic E-state index is 13.6. The predicted molar refractivity (Wildman–Crippen MR) is 140 cm³/mol. The number of nitro groups is 1. The SMILES string of the molecule is Cc1ccc(COc2ccc([C@@H]3[C@@H]4CCCN4[C@]4(C(=O)Nc5ccccc54)[C@@H]3[N+](=O)[O-])cc2Br)cc1. The van der Waals surface area contributed by atoms with Crippen molar-refractivity contribution in [2.24, 2.45) is 0 Å². The average Bonchev–Trinajstić information content (AvgIpc) is 3.52. The van der Waals surface area contributed by atoms with E-state index in [1.165, 1.54) is 5.56 Å². The highest BCUT2D eigenvalue weighted by atomic mass is 79.9. The highest BCUT2D eigenvalue weighted by Gasteiger charge is 2.73. The summed E-state index contributed by atoms with van der Waals surface area (Å²) >= 11 is 3.63. The topological polar surface area (TPSA) is 84.7 Å². The summed E-state index contributed by atoms with van der Waals surface area (Å²) in [5.74, 6) is -0.0457. The van der Waals surface area contributed by atoms with Gasteiger partial charge in [0.2, 0.25) is 0 Å². The molecule has 1 spiro atoms. The minimum atomic E-state index is -1.31. The number of carbonyl (C=O) groups excluding carboxylic acids is 1. The molecule has 3 aliphatic heterocycles. The van der Waals surface area contributed by atoms with Gasteiger partial charge in [-0.3, -0.25) is 19.8 Å². The Morgan fingerprint density at radius 3 is 2.69 bits per heavy atom. The van der Waals surface area contributed by atoms with Crippen molar-refractivity contribution < 1.29 is 14.5 Å². The van der Waals surface area contributed by atoms with E-state index in [1.54, 1.807) is 0 Å². The summed E-state index contributed by atoms with van der Waals surface area (Å²) in [6.45, 7) is 3.13. The lowest BCUT2D eigenvalue weighted by Gasteiger charge is -2.32. The summed E-state index contributed by atoms with van der Waals surface area (Å²) < 4.78 is 6.79. The Bertz CT molecular complexity index is 1360. The van der Waals surface area contributed by atoms with Gasteiger partial charge >= 0.3 is 0 Å². The van der Waals surface area contributed by atoms with Gasteiger partial charge in [0.25, 0.3) is 11.9 Å². The monoisotopic (exact) mass is 547 g/mol. The zero-order chi connectivity index (χ0) is 25.0. The Morgan fingerprint density at radius 2 is 1.94 bits per heavy atom. The number of fused-ring (bicyclic) bond motifs is 4. The summed E-state index contributed by atoms with van der Waals surface area (Å²) in [6, 6.07) is 20.1. The van der Waals surface area contributed by atoms with Crippen LogP contribution in [0.2, 0.25) is 0 Å². The first-order chi connectivity index (χ1) is 17.4. The van der Waals surface area contributed by atoms with E-state index in [2.05, 4.69) is 38.3 Å². The molecule has 0 bridgehead atoms. The van der Waals surface area contributed by atoms with Crippen LogP contribution in [0, 0.1) is 17.0 Å². The zero-order valence-corrected chi connectivity index (χ0v) is 21.4. The second-order valence-corrected chi connectivity index (χ2v) is 10.7. The van der Waals surface area contributed by atoms with E-state index in [4.69, 9.17) is 4.74 Å². The van der Waals surface area contributed by atoms with Crippen LogP contribution in [0.4, 0.5) is 5.69 Å². The van der Waals surface area contributed by atoms with Crippen LogP contribution in [-0.2, 0) is 16.9 Å². The van der Waals surface area contributed by atoms with Crippen molar-refractivity contribution >= 4 is 27.5 Å². The molecule has 6 rings (SSSR count). The van der Waals surface area contributed by atoms with Gasteiger partial charge in [0.05, 0.1) is 10.4 Å². The summed E-state index contributed by atoms with van der Waals surface area (Å²) in [5.41, 5.74) is 3.18. The van der Waals surface area contributed by atoms with Crippen LogP contribution in [-0.4, -0.2) is 34.4 Å². The fraction of sp³-hybridized carbons (Fsp3) is 0.321. The van der Waals surface area contributed by atoms with Gasteiger partial charge < -0.3 is 10.1 Å². The zero-order valence-electron chi connectivity index (χ0n) is 19.8. The van der Waals surface area contributed by atoms with Crippen LogP contribution >= 0.6 is 15.9 Å². The third-order valence-electron chi connectivity index (χ3n) is 7.95. The molecule has 0 unspecified atom stereocenters. The van der Waals surface area contributed by atoms with Crippen LogP contribution in [0.3, 0.4) is 0 Å². The minimum Gasteiger partial charge on any atom is -0.488 e. The first-order valence-corrected chi connectivity index (χ1v) is 13.0. The number of benzene rings is 3. The van der Waals surface area contributed by atoms with Crippen molar-refractivity contribution in [3.8, 4) is 5.75 Å². The fourth-order valence-electron chi connectivity index (χ4n) is 6.46. The molecule has 7 nitrogen and oxygen atoms in total. The van der Waals surface area contributed by atoms with Crippen molar-refractivity contribution in [3.63, 3.8) is 0 Å². The molecule has 0 aromatic heterocycles. The Labute approximate surface area is 217 Å². The van der Waals surface area contributed by atoms with Crippen LogP contribution in [0.15, 0.2) is 71.2 Å². The van der Waals surface area contributed by atoms with Gasteiger partial charge in [0.15, 0.2) is 5.54 Å². The number of carbonyl (C=O) groups is 1. The number of nitrogens with one attached hydrogen (secondary N) is 1. The lowest BCUT2D eigenvalue weighted by molar-refractivity contribution is -0.534. The fourth-order valence-corrected chi connectivity index (χ4v) is 6.97. The quantitative estimate of drug-likeness (QED) is 0.342. The summed E-state index contributed by atoms with van der Waals surface area (Å²) in [6.07, 6.45) is 1.72. The van der Waals surface area contributed by atoms with E-state index >= 15 is 0 Å². The summed E-state index contributed by atoms with van der Waals surface area (Å²) in [5, 5.41) is 15.7. The molecule has 3 heterocycles. The van der Waals surface area contributed by atoms with Gasteiger partial charge in [-0.1, -0.05) is 54.1 Å². The highest BCUT2D eigenvalue weighted by Crippen LogP contribution is 2.58. The highest BCUT2D eigenvalue weighted by molar-refractivity contribution is 9.10. The third-order valence-corrected chi connectivity index (χ3v) is 8.57. The molecule has 1 amide bonds. The van der Waals surface area contributed by atoms with Gasteiger partial charge in [0, 0.05) is 28.8 Å². The van der Waals surface area contributed by atoms with Crippen LogP contribution in [0.5, 0.6) is 5.75 Å². The predicted octanol–water partition coefficient (Wildman–Crippen LogP) is 5.39. The molecule has 0 aliphatic carbocycles. The van der Waals surface area contributed by atoms with Crippen molar-refractivity contribution in [1.29, 1.82) is 0 Å². The molecule has 184 valence electrons. The van der Waals surface area contributed by atoms with Crippen molar-refractivity contribution in [1.82, 2.24) is 4.90 Å². The number of amides is 1. The largest absolute Gasteiger partial charge is 0.488 e. The van der Waals surface area contributed by atoms with E-state index < -0.39 is 17.5 Å². The molecular formula is C28H26BrN3O4. The Hall–Kier alpha value is -3.23. The van der Waals surface area contributed by atoms with E-state index in [1.807, 2.05) is 61.5 Å². The van der Waals surface area contributed by atoms with E-state index in [0.29, 0.717) is 30.2 Å². The normalized spacial score (nSPS) is 26.6. The first kappa shape index (κ1) is 23.2. The summed E-state index contributed by atoms with van der Waals surface area (Å²) in [7, 11) is 0. The maximum Gasteiger partial charge on any atom is 0.256 e. The molecule has 0 saturated carbocycles. The van der Waals surface area contributed by atoms with Gasteiger partial charge in [-0.05, 0) is 65.0 Å². The number of anilines is 1. The molecule has 4 atom stereocenters. The number of aryl methyl sites for hydroxylation is 1. The van der Waals surface area contributed by atoms with E-state index in [0.717, 1.165) is 28.4 Å². The Kier molecular flexibility index (Phi) is 5.61. The van der Waals surface area contributed by atoms with E-state index in [9.17, 15) is 14.9 Å². The molecule has 1 N–H and O–H groups in total. The molecule has 0 radical (unpaired) electrons. The van der Waals surface area contributed by atoms with Crippen molar-refractivity contribution in [2.45, 2.75) is 49.9 Å². The number of nitrogens with zero attached hydrogens (tertiary/aromatic N) is 2. The van der Waals surface area contributed by atoms with Gasteiger partial charge in [-0.25, -0.2) is 0 Å². The standard InChI is InChI=1S/C28H26BrN3O4/c1-17-8-10-18(11-9-17)16-36-24-13-12-19(15-21(24)29)25-23-7-4-14-31(23)28(26(25)32(34)35)20-5-2-3-6-22(20)30-27(28)33/h2-3,5-6,8-13,15,23,25-26H,4,7,14,16H2,1H3,(H,30,33)/t23-,25+,26+,28-/m0/s1. The van der Waals surface area contributed by atoms with Crippen molar-refractivity contribution in [3.05, 3.63) is 104 Å². The third kappa shape index (κ3) is 3.38. The second-order valence-electron chi connectivity index (χ2n) is 9.89. The van der Waals surface area contributed by atoms with Crippen LogP contribution in [0.25, 0.3) is 0 Å². The lowest BCUT2D eigenvalue weighted by Crippen LogP contribution is -2.55. The maximum atomic E-state index is 13.6.